The topological polar surface area (TPSA) is 80.2 Å². The van der Waals surface area contributed by atoms with Gasteiger partial charge in [0.05, 0.1) is 26.4 Å². The van der Waals surface area contributed by atoms with E-state index in [-0.39, 0.29) is 29.5 Å². The average molecular weight is 521 g/mol. The van der Waals surface area contributed by atoms with Gasteiger partial charge >= 0.3 is 0 Å². The number of pyridine rings is 1. The van der Waals surface area contributed by atoms with E-state index in [4.69, 9.17) is 19.2 Å². The third-order valence-corrected chi connectivity index (χ3v) is 4.68. The van der Waals surface area contributed by atoms with Crippen molar-refractivity contribution in [3.05, 3.63) is 23.9 Å². The second-order valence-electron chi connectivity index (χ2n) is 7.27. The summed E-state index contributed by atoms with van der Waals surface area (Å²) in [5.41, 5.74) is 0.964. The number of morpholine rings is 1. The van der Waals surface area contributed by atoms with Crippen LogP contribution in [0.4, 0.5) is 0 Å². The summed E-state index contributed by atoms with van der Waals surface area (Å²) in [6, 6.07) is 3.88. The number of hydrogen-bond acceptors (Lipinski definition) is 6. The molecule has 1 aliphatic rings. The molecule has 0 bridgehead atoms. The predicted octanol–water partition coefficient (Wildman–Crippen LogP) is 1.89. The van der Waals surface area contributed by atoms with E-state index in [1.807, 2.05) is 12.1 Å². The first-order chi connectivity index (χ1) is 13.6. The van der Waals surface area contributed by atoms with Crippen LogP contribution >= 0.6 is 24.0 Å². The molecule has 0 radical (unpaired) electrons. The number of nitrogens with zero attached hydrogens (tertiary/aromatic N) is 3. The fourth-order valence-corrected chi connectivity index (χ4v) is 2.98. The van der Waals surface area contributed by atoms with Crippen molar-refractivity contribution in [2.45, 2.75) is 32.9 Å². The minimum Gasteiger partial charge on any atom is -0.475 e. The number of aliphatic imine (C=N–C) groups is 1. The van der Waals surface area contributed by atoms with E-state index in [0.717, 1.165) is 50.9 Å². The highest BCUT2D eigenvalue weighted by Crippen LogP contribution is 2.16. The second-order valence-corrected chi connectivity index (χ2v) is 7.27. The Morgan fingerprint density at radius 3 is 2.72 bits per heavy atom. The molecule has 0 saturated carbocycles. The molecule has 2 N–H and O–H groups in total. The zero-order valence-electron chi connectivity index (χ0n) is 18.1. The predicted molar refractivity (Wildman–Crippen MR) is 126 cm³/mol. The third kappa shape index (κ3) is 9.02. The molecule has 2 heterocycles. The molecule has 1 aromatic rings. The Hall–Kier alpha value is -1.17. The van der Waals surface area contributed by atoms with E-state index < -0.39 is 0 Å². The molecule has 9 heteroatoms. The van der Waals surface area contributed by atoms with E-state index in [2.05, 4.69) is 41.3 Å². The zero-order valence-corrected chi connectivity index (χ0v) is 20.4. The Labute approximate surface area is 191 Å². The number of hydrogen-bond donors (Lipinski definition) is 2. The molecule has 1 fully saturated rings. The van der Waals surface area contributed by atoms with Gasteiger partial charge in [-0.05, 0) is 26.8 Å². The maximum atomic E-state index is 5.70. The van der Waals surface area contributed by atoms with Gasteiger partial charge in [0.15, 0.2) is 5.96 Å². The third-order valence-electron chi connectivity index (χ3n) is 4.68. The summed E-state index contributed by atoms with van der Waals surface area (Å²) in [6.07, 6.45) is 1.73. The van der Waals surface area contributed by atoms with E-state index in [1.54, 1.807) is 13.3 Å². The monoisotopic (exact) mass is 521 g/mol. The lowest BCUT2D eigenvalue weighted by atomic mass is 10.0. The van der Waals surface area contributed by atoms with Crippen molar-refractivity contribution in [1.82, 2.24) is 20.5 Å². The first-order valence-electron chi connectivity index (χ1n) is 9.97. The molecule has 0 spiro atoms. The van der Waals surface area contributed by atoms with Crippen molar-refractivity contribution in [3.8, 4) is 5.88 Å². The molecule has 0 aromatic carbocycles. The minimum atomic E-state index is 0. The Balaban J connectivity index is 0.00000420. The number of rotatable bonds is 10. The molecular formula is C20H36IN5O3. The molecule has 0 aliphatic carbocycles. The van der Waals surface area contributed by atoms with Crippen LogP contribution in [0.15, 0.2) is 23.3 Å². The molecule has 0 atom stereocenters. The number of guanidine groups is 1. The fraction of sp³-hybridized carbons (Fsp3) is 0.700. The van der Waals surface area contributed by atoms with Crippen molar-refractivity contribution in [2.75, 3.05) is 59.7 Å². The molecule has 1 aromatic heterocycles. The molecule has 166 valence electrons. The van der Waals surface area contributed by atoms with Crippen molar-refractivity contribution < 1.29 is 14.2 Å². The van der Waals surface area contributed by atoms with Gasteiger partial charge in [0.1, 0.15) is 6.61 Å². The van der Waals surface area contributed by atoms with Gasteiger partial charge in [-0.15, -0.1) is 24.0 Å². The van der Waals surface area contributed by atoms with Gasteiger partial charge in [0.2, 0.25) is 5.88 Å². The van der Waals surface area contributed by atoms with E-state index in [1.165, 1.54) is 0 Å². The van der Waals surface area contributed by atoms with Crippen molar-refractivity contribution in [1.29, 1.82) is 0 Å². The van der Waals surface area contributed by atoms with Gasteiger partial charge in [0, 0.05) is 50.6 Å². The molecule has 29 heavy (non-hydrogen) atoms. The van der Waals surface area contributed by atoms with Gasteiger partial charge in [-0.1, -0.05) is 6.07 Å². The Morgan fingerprint density at radius 2 is 2.03 bits per heavy atom. The lowest BCUT2D eigenvalue weighted by Crippen LogP contribution is -2.56. The number of halogens is 1. The summed E-state index contributed by atoms with van der Waals surface area (Å²) in [5, 5.41) is 6.79. The summed E-state index contributed by atoms with van der Waals surface area (Å²) < 4.78 is 16.2. The minimum absolute atomic E-state index is 0. The number of methoxy groups -OCH3 is 1. The molecule has 0 unspecified atom stereocenters. The number of ether oxygens (including phenoxy) is 3. The van der Waals surface area contributed by atoms with Gasteiger partial charge in [-0.25, -0.2) is 9.98 Å². The molecule has 1 aliphatic heterocycles. The first-order valence-corrected chi connectivity index (χ1v) is 9.97. The zero-order chi connectivity index (χ0) is 20.2. The summed E-state index contributed by atoms with van der Waals surface area (Å²) >= 11 is 0. The van der Waals surface area contributed by atoms with Crippen LogP contribution in [-0.2, 0) is 16.0 Å². The second kappa shape index (κ2) is 13.9. The Kier molecular flexibility index (Phi) is 12.4. The molecule has 2 rings (SSSR count). The smallest absolute Gasteiger partial charge is 0.218 e. The Morgan fingerprint density at radius 1 is 1.28 bits per heavy atom. The SMILES string of the molecule is CCNC(=NCc1cccnc1OCCOC)NCC(C)(C)N1CCOCC1.I. The normalized spacial score (nSPS) is 15.5. The van der Waals surface area contributed by atoms with Crippen LogP contribution in [0.5, 0.6) is 5.88 Å². The van der Waals surface area contributed by atoms with Crippen LogP contribution in [0.25, 0.3) is 0 Å². The maximum Gasteiger partial charge on any atom is 0.218 e. The van der Waals surface area contributed by atoms with Crippen molar-refractivity contribution in [2.24, 2.45) is 4.99 Å². The highest BCUT2D eigenvalue weighted by molar-refractivity contribution is 14.0. The van der Waals surface area contributed by atoms with Gasteiger partial charge < -0.3 is 24.8 Å². The summed E-state index contributed by atoms with van der Waals surface area (Å²) in [5.74, 6) is 1.39. The summed E-state index contributed by atoms with van der Waals surface area (Å²) in [6.45, 7) is 13.1. The summed E-state index contributed by atoms with van der Waals surface area (Å²) in [4.78, 5) is 11.5. The number of aromatic nitrogens is 1. The number of nitrogens with one attached hydrogen (secondary N) is 2. The van der Waals surface area contributed by atoms with E-state index >= 15 is 0 Å². The van der Waals surface area contributed by atoms with Gasteiger partial charge in [0.25, 0.3) is 0 Å². The molecule has 8 nitrogen and oxygen atoms in total. The maximum absolute atomic E-state index is 5.70. The average Bonchev–Trinajstić information content (AvgIpc) is 2.72. The first kappa shape index (κ1) is 25.9. The van der Waals surface area contributed by atoms with Crippen LogP contribution in [0.2, 0.25) is 0 Å². The fourth-order valence-electron chi connectivity index (χ4n) is 2.98. The van der Waals surface area contributed by atoms with Crippen LogP contribution in [0.3, 0.4) is 0 Å². The van der Waals surface area contributed by atoms with Crippen molar-refractivity contribution in [3.63, 3.8) is 0 Å². The quantitative estimate of drug-likeness (QED) is 0.211. The Bertz CT molecular complexity index is 610. The van der Waals surface area contributed by atoms with Crippen LogP contribution in [0.1, 0.15) is 26.3 Å². The van der Waals surface area contributed by atoms with Crippen LogP contribution in [0, 0.1) is 0 Å². The highest BCUT2D eigenvalue weighted by Gasteiger charge is 2.28. The standard InChI is InChI=1S/C20H35N5O3.HI/c1-5-21-19(24-16-20(2,3)25-9-11-27-12-10-25)23-15-17-7-6-8-22-18(17)28-14-13-26-4;/h6-8H,5,9-16H2,1-4H3,(H2,21,23,24);1H. The lowest BCUT2D eigenvalue weighted by Gasteiger charge is -2.41. The summed E-state index contributed by atoms with van der Waals surface area (Å²) in [7, 11) is 1.65. The lowest BCUT2D eigenvalue weighted by molar-refractivity contribution is -0.00834. The van der Waals surface area contributed by atoms with Crippen LogP contribution in [-0.4, -0.2) is 81.1 Å². The highest BCUT2D eigenvalue weighted by atomic mass is 127. The largest absolute Gasteiger partial charge is 0.475 e. The van der Waals surface area contributed by atoms with Gasteiger partial charge in [-0.2, -0.15) is 0 Å². The van der Waals surface area contributed by atoms with E-state index in [9.17, 15) is 0 Å². The van der Waals surface area contributed by atoms with Crippen LogP contribution < -0.4 is 15.4 Å². The van der Waals surface area contributed by atoms with Gasteiger partial charge in [-0.3, -0.25) is 4.90 Å². The molecule has 1 saturated heterocycles. The van der Waals surface area contributed by atoms with E-state index in [0.29, 0.717) is 25.6 Å². The molecular weight excluding hydrogens is 485 g/mol. The molecule has 0 amide bonds. The van der Waals surface area contributed by atoms with Crippen molar-refractivity contribution >= 4 is 29.9 Å².